The van der Waals surface area contributed by atoms with Crippen LogP contribution in [0.1, 0.15) is 16.7 Å². The number of carbonyl (C=O) groups excluding carboxylic acids is 2. The highest BCUT2D eigenvalue weighted by Gasteiger charge is 2.14. The van der Waals surface area contributed by atoms with E-state index in [4.69, 9.17) is 16.3 Å². The predicted molar refractivity (Wildman–Crippen MR) is 144 cm³/mol. The Morgan fingerprint density at radius 1 is 1.09 bits per heavy atom. The highest BCUT2D eigenvalue weighted by atomic mass is 79.9. The van der Waals surface area contributed by atoms with Crippen molar-refractivity contribution in [3.63, 3.8) is 0 Å². The monoisotopic (exact) mass is 615 g/mol. The van der Waals surface area contributed by atoms with Crippen LogP contribution in [0.2, 0.25) is 5.02 Å². The van der Waals surface area contributed by atoms with Gasteiger partial charge in [0.1, 0.15) is 17.4 Å². The quantitative estimate of drug-likeness (QED) is 0.226. The molecule has 0 aliphatic rings. The Morgan fingerprint density at radius 2 is 1.77 bits per heavy atom. The molecule has 3 aromatic carbocycles. The van der Waals surface area contributed by atoms with Gasteiger partial charge in [-0.2, -0.15) is 5.26 Å². The van der Waals surface area contributed by atoms with Crippen molar-refractivity contribution in [2.75, 3.05) is 11.9 Å². The fourth-order valence-electron chi connectivity index (χ4n) is 2.99. The maximum Gasteiger partial charge on any atom is 0.262 e. The molecule has 0 saturated carbocycles. The summed E-state index contributed by atoms with van der Waals surface area (Å²) in [6.45, 7) is 1.96. The lowest BCUT2D eigenvalue weighted by Gasteiger charge is -2.12. The largest absolute Gasteiger partial charge is 0.481 e. The molecule has 0 aliphatic heterocycles. The minimum atomic E-state index is -0.475. The standard InChI is InChI=1S/C26H20Br2ClN3O3/c1-16-7-8-20(12-23(16)29)32-24(33)15-35-25-21(27)10-18(11-22(25)28)9-19(13-30)26(34)31-14-17-5-3-2-4-6-17/h2-12H,14-15H2,1H3,(H,31,34)(H,32,33)/b19-9+. The number of hydrogen-bond donors (Lipinski definition) is 2. The van der Waals surface area contributed by atoms with E-state index < -0.39 is 5.91 Å². The van der Waals surface area contributed by atoms with Crippen molar-refractivity contribution in [2.45, 2.75) is 13.5 Å². The number of amides is 2. The minimum absolute atomic E-state index is 0.0375. The van der Waals surface area contributed by atoms with Gasteiger partial charge >= 0.3 is 0 Å². The molecule has 3 aromatic rings. The number of halogens is 3. The van der Waals surface area contributed by atoms with E-state index >= 15 is 0 Å². The summed E-state index contributed by atoms with van der Waals surface area (Å²) in [6, 6.07) is 20.0. The van der Waals surface area contributed by atoms with Crippen LogP contribution in [-0.2, 0) is 16.1 Å². The molecular formula is C26H20Br2ClN3O3. The van der Waals surface area contributed by atoms with Crippen LogP contribution in [0.25, 0.3) is 6.08 Å². The second kappa shape index (κ2) is 12.5. The average molecular weight is 618 g/mol. The van der Waals surface area contributed by atoms with Gasteiger partial charge in [0.25, 0.3) is 11.8 Å². The number of anilines is 1. The lowest BCUT2D eigenvalue weighted by Crippen LogP contribution is -2.23. The highest BCUT2D eigenvalue weighted by Crippen LogP contribution is 2.35. The molecule has 6 nitrogen and oxygen atoms in total. The van der Waals surface area contributed by atoms with Crippen LogP contribution in [0.15, 0.2) is 75.2 Å². The van der Waals surface area contributed by atoms with Gasteiger partial charge in [0.15, 0.2) is 6.61 Å². The number of hydrogen-bond acceptors (Lipinski definition) is 4. The molecule has 0 spiro atoms. The molecule has 2 amide bonds. The lowest BCUT2D eigenvalue weighted by atomic mass is 10.1. The molecule has 0 aliphatic carbocycles. The minimum Gasteiger partial charge on any atom is -0.481 e. The van der Waals surface area contributed by atoms with Crippen molar-refractivity contribution in [3.05, 3.63) is 96.9 Å². The third-order valence-electron chi connectivity index (χ3n) is 4.80. The summed E-state index contributed by atoms with van der Waals surface area (Å²) in [5, 5.41) is 15.5. The summed E-state index contributed by atoms with van der Waals surface area (Å²) in [7, 11) is 0. The van der Waals surface area contributed by atoms with E-state index in [-0.39, 0.29) is 18.1 Å². The molecule has 0 heterocycles. The molecule has 0 fully saturated rings. The van der Waals surface area contributed by atoms with Crippen molar-refractivity contribution in [1.29, 1.82) is 5.26 Å². The van der Waals surface area contributed by atoms with Gasteiger partial charge in [0.05, 0.1) is 8.95 Å². The molecule has 0 unspecified atom stereocenters. The molecule has 2 N–H and O–H groups in total. The van der Waals surface area contributed by atoms with Gasteiger partial charge in [0.2, 0.25) is 0 Å². The fourth-order valence-corrected chi connectivity index (χ4v) is 4.63. The maximum atomic E-state index is 12.5. The van der Waals surface area contributed by atoms with Crippen molar-refractivity contribution >= 4 is 67.0 Å². The zero-order valence-electron chi connectivity index (χ0n) is 18.6. The molecule has 178 valence electrons. The van der Waals surface area contributed by atoms with Gasteiger partial charge in [0, 0.05) is 17.3 Å². The van der Waals surface area contributed by atoms with E-state index in [1.807, 2.05) is 49.4 Å². The van der Waals surface area contributed by atoms with Gasteiger partial charge in [-0.1, -0.05) is 48.0 Å². The van der Waals surface area contributed by atoms with Gasteiger partial charge < -0.3 is 15.4 Å². The van der Waals surface area contributed by atoms with E-state index in [9.17, 15) is 14.9 Å². The van der Waals surface area contributed by atoms with Gasteiger partial charge in [-0.25, -0.2) is 0 Å². The second-order valence-corrected chi connectivity index (χ2v) is 9.57. The van der Waals surface area contributed by atoms with Crippen LogP contribution in [0.4, 0.5) is 5.69 Å². The Labute approximate surface area is 225 Å². The van der Waals surface area contributed by atoms with E-state index in [1.54, 1.807) is 24.3 Å². The van der Waals surface area contributed by atoms with Crippen LogP contribution >= 0.6 is 43.5 Å². The smallest absolute Gasteiger partial charge is 0.262 e. The number of ether oxygens (including phenoxy) is 1. The molecular weight excluding hydrogens is 598 g/mol. The predicted octanol–water partition coefficient (Wildman–Crippen LogP) is 6.41. The number of rotatable bonds is 8. The Bertz CT molecular complexity index is 1300. The molecule has 9 heteroatoms. The zero-order chi connectivity index (χ0) is 25.4. The van der Waals surface area contributed by atoms with Crippen molar-refractivity contribution < 1.29 is 14.3 Å². The number of nitrogens with one attached hydrogen (secondary N) is 2. The van der Waals surface area contributed by atoms with E-state index in [1.165, 1.54) is 6.08 Å². The normalized spacial score (nSPS) is 10.9. The number of benzene rings is 3. The summed E-state index contributed by atoms with van der Waals surface area (Å²) >= 11 is 12.9. The van der Waals surface area contributed by atoms with Crippen molar-refractivity contribution in [1.82, 2.24) is 5.32 Å². The third-order valence-corrected chi connectivity index (χ3v) is 6.38. The van der Waals surface area contributed by atoms with E-state index in [2.05, 4.69) is 42.5 Å². The maximum absolute atomic E-state index is 12.5. The first-order valence-corrected chi connectivity index (χ1v) is 12.3. The molecule has 0 atom stereocenters. The Kier molecular flexibility index (Phi) is 9.49. The highest BCUT2D eigenvalue weighted by molar-refractivity contribution is 9.11. The van der Waals surface area contributed by atoms with Crippen LogP contribution in [0, 0.1) is 18.3 Å². The second-order valence-electron chi connectivity index (χ2n) is 7.45. The van der Waals surface area contributed by atoms with Gasteiger partial charge in [-0.3, -0.25) is 9.59 Å². The van der Waals surface area contributed by atoms with Crippen molar-refractivity contribution in [2.24, 2.45) is 0 Å². The number of aryl methyl sites for hydroxylation is 1. The van der Waals surface area contributed by atoms with Crippen molar-refractivity contribution in [3.8, 4) is 11.8 Å². The zero-order valence-corrected chi connectivity index (χ0v) is 22.5. The number of nitriles is 1. The molecule has 0 bridgehead atoms. The summed E-state index contributed by atoms with van der Waals surface area (Å²) in [4.78, 5) is 24.7. The summed E-state index contributed by atoms with van der Waals surface area (Å²) in [5.41, 5.74) is 2.98. The molecule has 3 rings (SSSR count). The molecule has 0 saturated heterocycles. The molecule has 0 aromatic heterocycles. The molecule has 35 heavy (non-hydrogen) atoms. The van der Waals surface area contributed by atoms with Gasteiger partial charge in [-0.05, 0) is 85.8 Å². The van der Waals surface area contributed by atoms with Crippen LogP contribution in [-0.4, -0.2) is 18.4 Å². The van der Waals surface area contributed by atoms with Crippen LogP contribution in [0.5, 0.6) is 5.75 Å². The van der Waals surface area contributed by atoms with Crippen LogP contribution in [0.3, 0.4) is 0 Å². The van der Waals surface area contributed by atoms with E-state index in [0.717, 1.165) is 11.1 Å². The summed E-state index contributed by atoms with van der Waals surface area (Å²) in [5.74, 6) is -0.419. The average Bonchev–Trinajstić information content (AvgIpc) is 2.83. The molecule has 0 radical (unpaired) electrons. The third kappa shape index (κ3) is 7.69. The Hall–Kier alpha value is -3.12. The first-order chi connectivity index (χ1) is 16.8. The number of nitrogens with zero attached hydrogens (tertiary/aromatic N) is 1. The SMILES string of the molecule is Cc1ccc(NC(=O)COc2c(Br)cc(/C=C(\C#N)C(=O)NCc3ccccc3)cc2Br)cc1Cl. The Morgan fingerprint density at radius 3 is 2.40 bits per heavy atom. The van der Waals surface area contributed by atoms with E-state index in [0.29, 0.717) is 37.5 Å². The lowest BCUT2D eigenvalue weighted by molar-refractivity contribution is -0.118. The summed E-state index contributed by atoms with van der Waals surface area (Å²) in [6.07, 6.45) is 1.48. The first kappa shape index (κ1) is 26.5. The number of carbonyl (C=O) groups is 2. The van der Waals surface area contributed by atoms with Gasteiger partial charge in [-0.15, -0.1) is 0 Å². The topological polar surface area (TPSA) is 91.2 Å². The summed E-state index contributed by atoms with van der Waals surface area (Å²) < 4.78 is 6.77. The Balaban J connectivity index is 1.64. The first-order valence-electron chi connectivity index (χ1n) is 10.4. The van der Waals surface area contributed by atoms with Crippen LogP contribution < -0.4 is 15.4 Å². The fraction of sp³-hybridized carbons (Fsp3) is 0.115.